The Bertz CT molecular complexity index is 193. The van der Waals surface area contributed by atoms with E-state index in [4.69, 9.17) is 0 Å². The van der Waals surface area contributed by atoms with Crippen LogP contribution in [0.5, 0.6) is 0 Å². The third kappa shape index (κ3) is 0.664. The smallest absolute Gasteiger partial charge is 0.161 e. The first kappa shape index (κ1) is 6.14. The Hall–Kier alpha value is -0.590. The highest BCUT2D eigenvalue weighted by atomic mass is 16.1. The molecule has 2 aliphatic rings. The van der Waals surface area contributed by atoms with Crippen molar-refractivity contribution in [3.05, 3.63) is 12.2 Å². The van der Waals surface area contributed by atoms with E-state index in [0.717, 1.165) is 18.4 Å². The molecule has 0 aromatic heterocycles. The van der Waals surface area contributed by atoms with E-state index in [1.807, 2.05) is 0 Å². The maximum atomic E-state index is 11.3. The Balaban J connectivity index is 2.24. The SMILES string of the molecule is C=C1C[C@@H]2CCC[C@@H]2C1=O. The molecule has 54 valence electrons. The average Bonchev–Trinajstić information content (AvgIpc) is 2.41. The summed E-state index contributed by atoms with van der Waals surface area (Å²) in [6.07, 6.45) is 4.63. The first-order valence-corrected chi connectivity index (χ1v) is 4.01. The molecule has 0 bridgehead atoms. The molecule has 2 aliphatic carbocycles. The Morgan fingerprint density at radius 3 is 2.90 bits per heavy atom. The standard InChI is InChI=1S/C9H12O/c1-6-5-7-3-2-4-8(7)9(6)10/h7-8H,1-5H2/t7-,8-/m0/s1. The van der Waals surface area contributed by atoms with Gasteiger partial charge in [-0.25, -0.2) is 0 Å². The van der Waals surface area contributed by atoms with E-state index in [-0.39, 0.29) is 0 Å². The van der Waals surface area contributed by atoms with Gasteiger partial charge < -0.3 is 0 Å². The van der Waals surface area contributed by atoms with Gasteiger partial charge in [0, 0.05) is 5.92 Å². The molecule has 2 rings (SSSR count). The Kier molecular flexibility index (Phi) is 1.19. The molecule has 0 aromatic carbocycles. The molecule has 0 radical (unpaired) electrons. The Labute approximate surface area is 61.1 Å². The topological polar surface area (TPSA) is 17.1 Å². The molecule has 1 heteroatoms. The molecule has 2 atom stereocenters. The van der Waals surface area contributed by atoms with Gasteiger partial charge in [0.1, 0.15) is 0 Å². The van der Waals surface area contributed by atoms with E-state index in [0.29, 0.717) is 17.6 Å². The first-order chi connectivity index (χ1) is 4.79. The van der Waals surface area contributed by atoms with Gasteiger partial charge in [-0.1, -0.05) is 13.0 Å². The van der Waals surface area contributed by atoms with Crippen molar-refractivity contribution in [2.45, 2.75) is 25.7 Å². The van der Waals surface area contributed by atoms with Crippen LogP contribution < -0.4 is 0 Å². The molecular weight excluding hydrogens is 124 g/mol. The van der Waals surface area contributed by atoms with Crippen LogP contribution in [-0.4, -0.2) is 5.78 Å². The number of fused-ring (bicyclic) bond motifs is 1. The Morgan fingerprint density at radius 2 is 2.20 bits per heavy atom. The van der Waals surface area contributed by atoms with Gasteiger partial charge in [-0.3, -0.25) is 4.79 Å². The van der Waals surface area contributed by atoms with Crippen molar-refractivity contribution in [2.24, 2.45) is 11.8 Å². The van der Waals surface area contributed by atoms with Gasteiger partial charge in [-0.05, 0) is 30.8 Å². The normalized spacial score (nSPS) is 38.8. The van der Waals surface area contributed by atoms with Crippen LogP contribution >= 0.6 is 0 Å². The number of carbonyl (C=O) groups excluding carboxylic acids is 1. The number of carbonyl (C=O) groups is 1. The minimum absolute atomic E-state index is 0.363. The molecule has 0 aromatic rings. The lowest BCUT2D eigenvalue weighted by Gasteiger charge is -2.02. The summed E-state index contributed by atoms with van der Waals surface area (Å²) >= 11 is 0. The summed E-state index contributed by atoms with van der Waals surface area (Å²) in [4.78, 5) is 11.3. The van der Waals surface area contributed by atoms with Crippen LogP contribution in [0.4, 0.5) is 0 Å². The molecular formula is C9H12O. The van der Waals surface area contributed by atoms with Gasteiger partial charge in [-0.15, -0.1) is 0 Å². The van der Waals surface area contributed by atoms with Crippen molar-refractivity contribution in [2.75, 3.05) is 0 Å². The second-order valence-electron chi connectivity index (χ2n) is 3.47. The van der Waals surface area contributed by atoms with E-state index in [1.54, 1.807) is 0 Å². The molecule has 0 amide bonds. The van der Waals surface area contributed by atoms with E-state index in [2.05, 4.69) is 6.58 Å². The van der Waals surface area contributed by atoms with Crippen LogP contribution in [0, 0.1) is 11.8 Å². The van der Waals surface area contributed by atoms with Crippen LogP contribution in [0.15, 0.2) is 12.2 Å². The largest absolute Gasteiger partial charge is 0.294 e. The molecule has 0 spiro atoms. The lowest BCUT2D eigenvalue weighted by Crippen LogP contribution is -2.07. The summed E-state index contributed by atoms with van der Waals surface area (Å²) in [6.45, 7) is 3.77. The average molecular weight is 136 g/mol. The maximum absolute atomic E-state index is 11.3. The van der Waals surface area contributed by atoms with Gasteiger partial charge in [-0.2, -0.15) is 0 Å². The lowest BCUT2D eigenvalue weighted by atomic mass is 10.0. The highest BCUT2D eigenvalue weighted by Gasteiger charge is 2.39. The predicted molar refractivity (Wildman–Crippen MR) is 39.6 cm³/mol. The van der Waals surface area contributed by atoms with Gasteiger partial charge in [0.15, 0.2) is 5.78 Å². The number of Topliss-reactive ketones (excluding diaryl/α,β-unsaturated/α-hetero) is 1. The van der Waals surface area contributed by atoms with Crippen molar-refractivity contribution in [3.8, 4) is 0 Å². The predicted octanol–water partition coefficient (Wildman–Crippen LogP) is 1.93. The zero-order valence-electron chi connectivity index (χ0n) is 6.10. The van der Waals surface area contributed by atoms with Crippen molar-refractivity contribution >= 4 is 5.78 Å². The number of hydrogen-bond acceptors (Lipinski definition) is 1. The summed E-state index contributed by atoms with van der Waals surface area (Å²) in [5.41, 5.74) is 0.884. The molecule has 1 nitrogen and oxygen atoms in total. The quantitative estimate of drug-likeness (QED) is 0.465. The van der Waals surface area contributed by atoms with E-state index < -0.39 is 0 Å². The molecule has 0 N–H and O–H groups in total. The third-order valence-electron chi connectivity index (χ3n) is 2.85. The molecule has 0 unspecified atom stereocenters. The number of rotatable bonds is 0. The molecule has 0 saturated heterocycles. The Morgan fingerprint density at radius 1 is 1.40 bits per heavy atom. The lowest BCUT2D eigenvalue weighted by molar-refractivity contribution is -0.118. The fourth-order valence-electron chi connectivity index (χ4n) is 2.31. The molecule has 0 heterocycles. The minimum Gasteiger partial charge on any atom is -0.294 e. The third-order valence-corrected chi connectivity index (χ3v) is 2.85. The second kappa shape index (κ2) is 1.94. The fraction of sp³-hybridized carbons (Fsp3) is 0.667. The van der Waals surface area contributed by atoms with Gasteiger partial charge in [0.25, 0.3) is 0 Å². The molecule has 2 saturated carbocycles. The summed E-state index contributed by atoms with van der Waals surface area (Å²) in [5, 5.41) is 0. The monoisotopic (exact) mass is 136 g/mol. The summed E-state index contributed by atoms with van der Waals surface area (Å²) in [6, 6.07) is 0. The molecule has 0 aliphatic heterocycles. The van der Waals surface area contributed by atoms with Gasteiger partial charge in [0.2, 0.25) is 0 Å². The summed E-state index contributed by atoms with van der Waals surface area (Å²) in [5.74, 6) is 1.43. The number of allylic oxidation sites excluding steroid dienone is 1. The van der Waals surface area contributed by atoms with Crippen LogP contribution in [0.3, 0.4) is 0 Å². The van der Waals surface area contributed by atoms with Crippen molar-refractivity contribution in [1.29, 1.82) is 0 Å². The second-order valence-corrected chi connectivity index (χ2v) is 3.47. The summed E-state index contributed by atoms with van der Waals surface area (Å²) < 4.78 is 0. The first-order valence-electron chi connectivity index (χ1n) is 4.01. The maximum Gasteiger partial charge on any atom is 0.161 e. The van der Waals surface area contributed by atoms with Crippen LogP contribution in [0.2, 0.25) is 0 Å². The fourth-order valence-corrected chi connectivity index (χ4v) is 2.31. The van der Waals surface area contributed by atoms with Crippen molar-refractivity contribution in [1.82, 2.24) is 0 Å². The zero-order valence-corrected chi connectivity index (χ0v) is 6.10. The zero-order chi connectivity index (χ0) is 7.14. The number of ketones is 1. The highest BCUT2D eigenvalue weighted by molar-refractivity contribution is 5.99. The van der Waals surface area contributed by atoms with E-state index >= 15 is 0 Å². The van der Waals surface area contributed by atoms with E-state index in [1.165, 1.54) is 12.8 Å². The van der Waals surface area contributed by atoms with Gasteiger partial charge in [0.05, 0.1) is 0 Å². The molecule has 2 fully saturated rings. The van der Waals surface area contributed by atoms with Crippen molar-refractivity contribution < 1.29 is 4.79 Å². The number of hydrogen-bond donors (Lipinski definition) is 0. The van der Waals surface area contributed by atoms with Gasteiger partial charge >= 0.3 is 0 Å². The highest BCUT2D eigenvalue weighted by Crippen LogP contribution is 2.43. The van der Waals surface area contributed by atoms with Crippen molar-refractivity contribution in [3.63, 3.8) is 0 Å². The van der Waals surface area contributed by atoms with Crippen LogP contribution in [0.25, 0.3) is 0 Å². The van der Waals surface area contributed by atoms with E-state index in [9.17, 15) is 4.79 Å². The summed E-state index contributed by atoms with van der Waals surface area (Å²) in [7, 11) is 0. The van der Waals surface area contributed by atoms with Crippen LogP contribution in [-0.2, 0) is 4.79 Å². The van der Waals surface area contributed by atoms with Crippen LogP contribution in [0.1, 0.15) is 25.7 Å². The minimum atomic E-state index is 0.363. The molecule has 10 heavy (non-hydrogen) atoms.